The minimum Gasteiger partial charge on any atom is -0.489 e. The topological polar surface area (TPSA) is 89.1 Å². The van der Waals surface area contributed by atoms with E-state index in [0.717, 1.165) is 11.1 Å². The van der Waals surface area contributed by atoms with Crippen LogP contribution in [0.1, 0.15) is 21.5 Å². The van der Waals surface area contributed by atoms with Crippen molar-refractivity contribution in [1.29, 1.82) is 0 Å². The lowest BCUT2D eigenvalue weighted by Crippen LogP contribution is -2.13. The molecule has 2 aromatic carbocycles. The van der Waals surface area contributed by atoms with Crippen molar-refractivity contribution in [3.63, 3.8) is 0 Å². The van der Waals surface area contributed by atoms with E-state index in [2.05, 4.69) is 20.5 Å². The number of fused-ring (bicyclic) bond motifs is 1. The maximum Gasteiger partial charge on any atom is 0.256 e. The van der Waals surface area contributed by atoms with E-state index in [0.29, 0.717) is 40.5 Å². The monoisotopic (exact) mass is 388 g/mol. The van der Waals surface area contributed by atoms with Gasteiger partial charge in [0, 0.05) is 5.56 Å². The fraction of sp³-hybridized carbons (Fsp3) is 0.136. The molecule has 7 nitrogen and oxygen atoms in total. The Labute approximate surface area is 167 Å². The highest BCUT2D eigenvalue weighted by molar-refractivity contribution is 6.06. The number of rotatable bonds is 6. The first-order valence-electron chi connectivity index (χ1n) is 9.11. The van der Waals surface area contributed by atoms with Crippen molar-refractivity contribution in [3.05, 3.63) is 77.5 Å². The molecule has 0 fully saturated rings. The van der Waals surface area contributed by atoms with Crippen LogP contribution >= 0.6 is 0 Å². The summed E-state index contributed by atoms with van der Waals surface area (Å²) in [5.74, 6) is 0.821. The number of nitrogens with zero attached hydrogens (tertiary/aromatic N) is 2. The lowest BCUT2D eigenvalue weighted by molar-refractivity contribution is 0.102. The van der Waals surface area contributed by atoms with Crippen LogP contribution in [-0.4, -0.2) is 28.2 Å². The van der Waals surface area contributed by atoms with Gasteiger partial charge < -0.3 is 14.8 Å². The smallest absolute Gasteiger partial charge is 0.256 e. The zero-order chi connectivity index (χ0) is 20.2. The molecule has 0 aliphatic heterocycles. The van der Waals surface area contributed by atoms with E-state index < -0.39 is 0 Å². The number of carbonyl (C=O) groups is 1. The molecule has 7 heteroatoms. The summed E-state index contributed by atoms with van der Waals surface area (Å²) >= 11 is 0. The van der Waals surface area contributed by atoms with Gasteiger partial charge in [-0.2, -0.15) is 0 Å². The Morgan fingerprint density at radius 3 is 2.76 bits per heavy atom. The number of methoxy groups -OCH3 is 1. The van der Waals surface area contributed by atoms with Gasteiger partial charge in [0.15, 0.2) is 5.65 Å². The Bertz CT molecular complexity index is 1160. The summed E-state index contributed by atoms with van der Waals surface area (Å²) in [6.07, 6.45) is 1.57. The van der Waals surface area contributed by atoms with E-state index in [1.54, 1.807) is 18.3 Å². The fourth-order valence-electron chi connectivity index (χ4n) is 2.98. The molecule has 0 aliphatic rings. The quantitative estimate of drug-likeness (QED) is 0.519. The van der Waals surface area contributed by atoms with Crippen molar-refractivity contribution in [2.45, 2.75) is 13.5 Å². The van der Waals surface area contributed by atoms with Crippen molar-refractivity contribution in [2.24, 2.45) is 0 Å². The second kappa shape index (κ2) is 8.02. The maximum atomic E-state index is 12.8. The van der Waals surface area contributed by atoms with Crippen LogP contribution in [0, 0.1) is 6.92 Å². The van der Waals surface area contributed by atoms with Gasteiger partial charge >= 0.3 is 0 Å². The summed E-state index contributed by atoms with van der Waals surface area (Å²) in [5, 5.41) is 10.4. The number of aromatic amines is 1. The molecule has 0 bridgehead atoms. The number of carbonyl (C=O) groups excluding carboxylic acids is 1. The Morgan fingerprint density at radius 2 is 1.97 bits per heavy atom. The first-order chi connectivity index (χ1) is 14.1. The predicted octanol–water partition coefficient (Wildman–Crippen LogP) is 4.11. The molecule has 0 saturated carbocycles. The van der Waals surface area contributed by atoms with Gasteiger partial charge in [0.05, 0.1) is 24.4 Å². The van der Waals surface area contributed by atoms with E-state index in [-0.39, 0.29) is 5.91 Å². The number of nitrogens with one attached hydrogen (secondary N) is 2. The summed E-state index contributed by atoms with van der Waals surface area (Å²) in [4.78, 5) is 17.1. The Kier molecular flexibility index (Phi) is 5.11. The molecule has 4 rings (SSSR count). The highest BCUT2D eigenvalue weighted by atomic mass is 16.5. The second-order valence-corrected chi connectivity index (χ2v) is 6.56. The van der Waals surface area contributed by atoms with Crippen LogP contribution in [0.5, 0.6) is 11.6 Å². The van der Waals surface area contributed by atoms with E-state index in [4.69, 9.17) is 9.47 Å². The minimum absolute atomic E-state index is 0.240. The van der Waals surface area contributed by atoms with Crippen molar-refractivity contribution in [2.75, 3.05) is 12.4 Å². The third-order valence-electron chi connectivity index (χ3n) is 4.53. The summed E-state index contributed by atoms with van der Waals surface area (Å²) in [5.41, 5.74) is 3.59. The Hall–Kier alpha value is -3.87. The largest absolute Gasteiger partial charge is 0.489 e. The normalized spacial score (nSPS) is 10.7. The van der Waals surface area contributed by atoms with Crippen LogP contribution in [0.15, 0.2) is 60.8 Å². The van der Waals surface area contributed by atoms with Gasteiger partial charge in [-0.05, 0) is 36.2 Å². The molecular weight excluding hydrogens is 368 g/mol. The van der Waals surface area contributed by atoms with E-state index >= 15 is 0 Å². The first-order valence-corrected chi connectivity index (χ1v) is 9.11. The van der Waals surface area contributed by atoms with Gasteiger partial charge in [-0.1, -0.05) is 36.4 Å². The third-order valence-corrected chi connectivity index (χ3v) is 4.53. The second-order valence-electron chi connectivity index (χ2n) is 6.56. The summed E-state index contributed by atoms with van der Waals surface area (Å²) in [6.45, 7) is 2.32. The van der Waals surface area contributed by atoms with Crippen LogP contribution in [0.4, 0.5) is 5.69 Å². The number of hydrogen-bond donors (Lipinski definition) is 2. The molecule has 2 N–H and O–H groups in total. The van der Waals surface area contributed by atoms with E-state index in [1.165, 1.54) is 7.11 Å². The van der Waals surface area contributed by atoms with Crippen LogP contribution in [0.25, 0.3) is 11.0 Å². The van der Waals surface area contributed by atoms with Gasteiger partial charge in [0.1, 0.15) is 12.4 Å². The fourth-order valence-corrected chi connectivity index (χ4v) is 2.98. The number of anilines is 1. The maximum absolute atomic E-state index is 12.8. The number of aryl methyl sites for hydroxylation is 1. The van der Waals surface area contributed by atoms with Crippen LogP contribution in [0.3, 0.4) is 0 Å². The molecule has 0 atom stereocenters. The molecule has 146 valence electrons. The molecule has 0 unspecified atom stereocenters. The van der Waals surface area contributed by atoms with Crippen LogP contribution in [0.2, 0.25) is 0 Å². The van der Waals surface area contributed by atoms with Gasteiger partial charge in [0.2, 0.25) is 5.88 Å². The van der Waals surface area contributed by atoms with E-state index in [1.807, 2.05) is 49.4 Å². The molecule has 0 saturated heterocycles. The molecule has 2 aromatic heterocycles. The zero-order valence-corrected chi connectivity index (χ0v) is 16.1. The first kappa shape index (κ1) is 18.5. The van der Waals surface area contributed by atoms with Gasteiger partial charge in [-0.25, -0.2) is 4.98 Å². The summed E-state index contributed by atoms with van der Waals surface area (Å²) in [7, 11) is 1.53. The predicted molar refractivity (Wildman–Crippen MR) is 110 cm³/mol. The average molecular weight is 388 g/mol. The Balaban J connectivity index is 1.52. The average Bonchev–Trinajstić information content (AvgIpc) is 3.16. The van der Waals surface area contributed by atoms with Crippen molar-refractivity contribution < 1.29 is 14.3 Å². The molecule has 29 heavy (non-hydrogen) atoms. The number of H-pyrrole nitrogens is 1. The molecule has 0 radical (unpaired) electrons. The zero-order valence-electron chi connectivity index (χ0n) is 16.1. The number of benzene rings is 2. The minimum atomic E-state index is -0.240. The summed E-state index contributed by atoms with van der Waals surface area (Å²) < 4.78 is 11.0. The van der Waals surface area contributed by atoms with Gasteiger partial charge in [-0.15, -0.1) is 5.10 Å². The van der Waals surface area contributed by atoms with Gasteiger partial charge in [0.25, 0.3) is 5.91 Å². The SMILES string of the molecule is COc1n[nH]c2ncc(NC(=O)c3cc(OCc4ccccc4)ccc3C)cc12. The third kappa shape index (κ3) is 4.03. The number of amides is 1. The molecular formula is C22H20N4O3. The Morgan fingerprint density at radius 1 is 1.14 bits per heavy atom. The molecule has 4 aromatic rings. The number of hydrogen-bond acceptors (Lipinski definition) is 5. The molecule has 2 heterocycles. The van der Waals surface area contributed by atoms with Crippen molar-refractivity contribution >= 4 is 22.6 Å². The molecule has 0 spiro atoms. The highest BCUT2D eigenvalue weighted by Gasteiger charge is 2.13. The molecule has 1 amide bonds. The number of pyridine rings is 1. The van der Waals surface area contributed by atoms with Crippen molar-refractivity contribution in [1.82, 2.24) is 15.2 Å². The molecule has 0 aliphatic carbocycles. The summed E-state index contributed by atoms with van der Waals surface area (Å²) in [6, 6.07) is 17.1. The lowest BCUT2D eigenvalue weighted by Gasteiger charge is -2.11. The van der Waals surface area contributed by atoms with E-state index in [9.17, 15) is 4.79 Å². The van der Waals surface area contributed by atoms with Crippen LogP contribution < -0.4 is 14.8 Å². The number of ether oxygens (including phenoxy) is 2. The van der Waals surface area contributed by atoms with Crippen molar-refractivity contribution in [3.8, 4) is 11.6 Å². The standard InChI is InChI=1S/C22H20N4O3/c1-14-8-9-17(29-13-15-6-4-3-5-7-15)11-18(14)21(27)24-16-10-19-20(23-12-16)25-26-22(19)28-2/h3-12H,13H2,1-2H3,(H,24,27)(H,23,25,26). The number of aromatic nitrogens is 3. The van der Waals surface area contributed by atoms with Crippen LogP contribution in [-0.2, 0) is 6.61 Å². The highest BCUT2D eigenvalue weighted by Crippen LogP contribution is 2.25. The van der Waals surface area contributed by atoms with Gasteiger partial charge in [-0.3, -0.25) is 9.89 Å². The lowest BCUT2D eigenvalue weighted by atomic mass is 10.1.